The monoisotopic (exact) mass is 366 g/mol. The highest BCUT2D eigenvalue weighted by atomic mass is 19.1. The summed E-state index contributed by atoms with van der Waals surface area (Å²) in [6.45, 7) is 0.683. The van der Waals surface area contributed by atoms with Gasteiger partial charge in [-0.1, -0.05) is 12.1 Å². The van der Waals surface area contributed by atoms with Gasteiger partial charge >= 0.3 is 0 Å². The number of rotatable bonds is 7. The molecule has 1 heterocycles. The second-order valence-electron chi connectivity index (χ2n) is 5.77. The van der Waals surface area contributed by atoms with Gasteiger partial charge in [0.2, 0.25) is 0 Å². The maximum absolute atomic E-state index is 12.9. The van der Waals surface area contributed by atoms with Crippen LogP contribution in [0.15, 0.2) is 60.9 Å². The van der Waals surface area contributed by atoms with E-state index in [1.54, 1.807) is 7.11 Å². The van der Waals surface area contributed by atoms with Crippen LogP contribution in [0.1, 0.15) is 16.1 Å². The Morgan fingerprint density at radius 2 is 1.78 bits per heavy atom. The normalized spacial score (nSPS) is 10.3. The third kappa shape index (κ3) is 5.24. The van der Waals surface area contributed by atoms with Gasteiger partial charge in [-0.25, -0.2) is 14.4 Å². The number of carbonyl (C=O) groups excluding carboxylic acids is 1. The summed E-state index contributed by atoms with van der Waals surface area (Å²) in [7, 11) is 1.64. The molecule has 6 nitrogen and oxygen atoms in total. The lowest BCUT2D eigenvalue weighted by Gasteiger charge is -2.07. The molecular formula is C20H19FN4O2. The van der Waals surface area contributed by atoms with E-state index in [1.807, 2.05) is 24.3 Å². The van der Waals surface area contributed by atoms with E-state index in [-0.39, 0.29) is 11.5 Å². The number of carbonyl (C=O) groups is 1. The predicted molar refractivity (Wildman–Crippen MR) is 102 cm³/mol. The molecule has 1 amide bonds. The molecule has 0 aliphatic carbocycles. The van der Waals surface area contributed by atoms with E-state index >= 15 is 0 Å². The molecule has 27 heavy (non-hydrogen) atoms. The Morgan fingerprint density at radius 3 is 2.41 bits per heavy atom. The van der Waals surface area contributed by atoms with Gasteiger partial charge < -0.3 is 15.4 Å². The van der Waals surface area contributed by atoms with Gasteiger partial charge in [-0.3, -0.25) is 4.79 Å². The average molecular weight is 366 g/mol. The first-order chi connectivity index (χ1) is 13.1. The number of hydrogen-bond acceptors (Lipinski definition) is 5. The van der Waals surface area contributed by atoms with Crippen LogP contribution in [0.25, 0.3) is 0 Å². The largest absolute Gasteiger partial charge is 0.497 e. The molecule has 138 valence electrons. The number of benzene rings is 2. The number of nitrogens with zero attached hydrogens (tertiary/aromatic N) is 2. The Balaban J connectivity index is 1.50. The Bertz CT molecular complexity index is 881. The van der Waals surface area contributed by atoms with Crippen molar-refractivity contribution >= 4 is 17.4 Å². The lowest BCUT2D eigenvalue weighted by atomic mass is 10.1. The number of amides is 1. The first-order valence-electron chi connectivity index (χ1n) is 8.40. The average Bonchev–Trinajstić information content (AvgIpc) is 2.71. The maximum Gasteiger partial charge on any atom is 0.275 e. The smallest absolute Gasteiger partial charge is 0.275 e. The van der Waals surface area contributed by atoms with Crippen molar-refractivity contribution in [2.24, 2.45) is 0 Å². The van der Waals surface area contributed by atoms with Crippen LogP contribution in [0.3, 0.4) is 0 Å². The molecule has 0 saturated heterocycles. The van der Waals surface area contributed by atoms with Crippen LogP contribution >= 0.6 is 0 Å². The second kappa shape index (κ2) is 8.75. The van der Waals surface area contributed by atoms with E-state index in [4.69, 9.17) is 4.74 Å². The minimum absolute atomic E-state index is 0.181. The van der Waals surface area contributed by atoms with Gasteiger partial charge in [0, 0.05) is 12.2 Å². The number of nitrogens with one attached hydrogen (secondary N) is 2. The van der Waals surface area contributed by atoms with Crippen molar-refractivity contribution in [2.45, 2.75) is 6.42 Å². The Kier molecular flexibility index (Phi) is 5.94. The summed E-state index contributed by atoms with van der Waals surface area (Å²) in [5.41, 5.74) is 1.84. The number of halogens is 1. The molecule has 0 spiro atoms. The Hall–Kier alpha value is -3.48. The maximum atomic E-state index is 12.9. The van der Waals surface area contributed by atoms with E-state index in [1.165, 1.54) is 42.2 Å². The Labute approximate surface area is 156 Å². The summed E-state index contributed by atoms with van der Waals surface area (Å²) >= 11 is 0. The molecule has 0 saturated carbocycles. The SMILES string of the molecule is COc1ccc(CCNc2cnc(C(=O)Nc3ccc(F)cc3)cn2)cc1. The highest BCUT2D eigenvalue weighted by molar-refractivity contribution is 6.02. The topological polar surface area (TPSA) is 76.1 Å². The zero-order chi connectivity index (χ0) is 19.1. The van der Waals surface area contributed by atoms with E-state index in [0.29, 0.717) is 18.1 Å². The first-order valence-corrected chi connectivity index (χ1v) is 8.40. The van der Waals surface area contributed by atoms with E-state index in [2.05, 4.69) is 20.6 Å². The summed E-state index contributed by atoms with van der Waals surface area (Å²) in [5, 5.41) is 5.81. The van der Waals surface area contributed by atoms with Crippen LogP contribution in [-0.2, 0) is 6.42 Å². The molecular weight excluding hydrogens is 347 g/mol. The lowest BCUT2D eigenvalue weighted by Crippen LogP contribution is -2.15. The number of ether oxygens (including phenoxy) is 1. The number of aromatic nitrogens is 2. The molecule has 2 N–H and O–H groups in total. The number of anilines is 2. The van der Waals surface area contributed by atoms with E-state index in [9.17, 15) is 9.18 Å². The molecule has 0 fully saturated rings. The number of methoxy groups -OCH3 is 1. The molecule has 0 aliphatic rings. The van der Waals surface area contributed by atoms with Crippen molar-refractivity contribution in [3.05, 3.63) is 78.0 Å². The summed E-state index contributed by atoms with van der Waals surface area (Å²) in [6.07, 6.45) is 3.72. The molecule has 0 radical (unpaired) electrons. The quantitative estimate of drug-likeness (QED) is 0.669. The molecule has 3 rings (SSSR count). The molecule has 0 atom stereocenters. The summed E-state index contributed by atoms with van der Waals surface area (Å²) < 4.78 is 18.0. The highest BCUT2D eigenvalue weighted by Crippen LogP contribution is 2.12. The fourth-order valence-electron chi connectivity index (χ4n) is 2.39. The van der Waals surface area contributed by atoms with Crippen molar-refractivity contribution in [1.29, 1.82) is 0 Å². The molecule has 2 aromatic carbocycles. The first kappa shape index (κ1) is 18.3. The zero-order valence-corrected chi connectivity index (χ0v) is 14.8. The van der Waals surface area contributed by atoms with Gasteiger partial charge in [-0.2, -0.15) is 0 Å². The molecule has 1 aromatic heterocycles. The fraction of sp³-hybridized carbons (Fsp3) is 0.150. The molecule has 3 aromatic rings. The molecule has 0 unspecified atom stereocenters. The van der Waals surface area contributed by atoms with Crippen molar-refractivity contribution in [2.75, 3.05) is 24.3 Å². The predicted octanol–water partition coefficient (Wildman–Crippen LogP) is 3.53. The van der Waals surface area contributed by atoms with Crippen molar-refractivity contribution < 1.29 is 13.9 Å². The van der Waals surface area contributed by atoms with Gasteiger partial charge in [0.05, 0.1) is 19.5 Å². The molecule has 0 bridgehead atoms. The van der Waals surface area contributed by atoms with Crippen molar-refractivity contribution in [3.63, 3.8) is 0 Å². The van der Waals surface area contributed by atoms with E-state index in [0.717, 1.165) is 12.2 Å². The number of hydrogen-bond donors (Lipinski definition) is 2. The van der Waals surface area contributed by atoms with E-state index < -0.39 is 5.91 Å². The summed E-state index contributed by atoms with van der Waals surface area (Å²) in [6, 6.07) is 13.4. The van der Waals surface area contributed by atoms with Crippen LogP contribution in [0.2, 0.25) is 0 Å². The summed E-state index contributed by atoms with van der Waals surface area (Å²) in [4.78, 5) is 20.4. The van der Waals surface area contributed by atoms with Gasteiger partial charge in [0.25, 0.3) is 5.91 Å². The minimum atomic E-state index is -0.404. The van der Waals surface area contributed by atoms with Gasteiger partial charge in [-0.15, -0.1) is 0 Å². The zero-order valence-electron chi connectivity index (χ0n) is 14.8. The van der Waals surface area contributed by atoms with Crippen LogP contribution in [0.4, 0.5) is 15.9 Å². The highest BCUT2D eigenvalue weighted by Gasteiger charge is 2.08. The minimum Gasteiger partial charge on any atom is -0.497 e. The molecule has 7 heteroatoms. The van der Waals surface area contributed by atoms with Crippen LogP contribution in [-0.4, -0.2) is 29.5 Å². The van der Waals surface area contributed by atoms with Crippen LogP contribution in [0.5, 0.6) is 5.75 Å². The third-order valence-corrected chi connectivity index (χ3v) is 3.87. The standard InChI is InChI=1S/C20H19FN4O2/c1-27-17-8-2-14(3-9-17)10-11-22-19-13-23-18(12-24-19)20(26)25-16-6-4-15(21)5-7-16/h2-9,12-13H,10-11H2,1H3,(H,22,24)(H,25,26). The van der Waals surface area contributed by atoms with Gasteiger partial charge in [0.1, 0.15) is 23.1 Å². The third-order valence-electron chi connectivity index (χ3n) is 3.87. The Morgan fingerprint density at radius 1 is 1.04 bits per heavy atom. The van der Waals surface area contributed by atoms with Gasteiger partial charge in [0.15, 0.2) is 0 Å². The van der Waals surface area contributed by atoms with Gasteiger partial charge in [-0.05, 0) is 48.4 Å². The lowest BCUT2D eigenvalue weighted by molar-refractivity contribution is 0.102. The summed E-state index contributed by atoms with van der Waals surface area (Å²) in [5.74, 6) is 0.644. The van der Waals surface area contributed by atoms with Crippen LogP contribution in [0, 0.1) is 5.82 Å². The van der Waals surface area contributed by atoms with Crippen molar-refractivity contribution in [3.8, 4) is 5.75 Å². The second-order valence-corrected chi connectivity index (χ2v) is 5.77. The molecule has 0 aliphatic heterocycles. The van der Waals surface area contributed by atoms with Crippen molar-refractivity contribution in [1.82, 2.24) is 9.97 Å². The fourth-order valence-corrected chi connectivity index (χ4v) is 2.39. The van der Waals surface area contributed by atoms with Crippen LogP contribution < -0.4 is 15.4 Å².